The average Bonchev–Trinajstić information content (AvgIpc) is 2.72. The zero-order valence-corrected chi connectivity index (χ0v) is 16.6. The van der Waals surface area contributed by atoms with Crippen LogP contribution in [-0.4, -0.2) is 72.8 Å². The molecule has 0 spiro atoms. The van der Waals surface area contributed by atoms with E-state index in [1.54, 1.807) is 12.3 Å². The minimum absolute atomic E-state index is 0.0989. The molecule has 148 valence electrons. The van der Waals surface area contributed by atoms with E-state index in [4.69, 9.17) is 4.74 Å². The third kappa shape index (κ3) is 4.38. The number of carbonyl (C=O) groups excluding carboxylic acids is 1. The van der Waals surface area contributed by atoms with Crippen LogP contribution in [0.3, 0.4) is 0 Å². The van der Waals surface area contributed by atoms with Gasteiger partial charge in [0.1, 0.15) is 12.4 Å². The summed E-state index contributed by atoms with van der Waals surface area (Å²) in [5.41, 5.74) is 2.04. The molecule has 1 aliphatic heterocycles. The van der Waals surface area contributed by atoms with E-state index in [1.807, 2.05) is 20.0 Å². The molecule has 1 aliphatic rings. The van der Waals surface area contributed by atoms with Crippen LogP contribution >= 0.6 is 0 Å². The molecule has 1 amide bonds. The molecule has 2 aromatic rings. The molecule has 1 aromatic heterocycles. The van der Waals surface area contributed by atoms with Crippen LogP contribution in [0.15, 0.2) is 24.7 Å². The summed E-state index contributed by atoms with van der Waals surface area (Å²) < 4.78 is 5.89. The number of morpholine rings is 1. The van der Waals surface area contributed by atoms with Gasteiger partial charge >= 0.3 is 0 Å². The molecule has 3 rings (SSSR count). The van der Waals surface area contributed by atoms with E-state index in [1.165, 1.54) is 6.33 Å². The van der Waals surface area contributed by atoms with E-state index < -0.39 is 6.10 Å². The number of benzene rings is 1. The second-order valence-corrected chi connectivity index (χ2v) is 7.06. The van der Waals surface area contributed by atoms with Crippen molar-refractivity contribution in [1.29, 1.82) is 5.26 Å². The first-order valence-electron chi connectivity index (χ1n) is 9.53. The summed E-state index contributed by atoms with van der Waals surface area (Å²) >= 11 is 0. The fraction of sp³-hybridized carbons (Fsp3) is 0.500. The summed E-state index contributed by atoms with van der Waals surface area (Å²) in [7, 11) is 2.02. The average molecular weight is 382 g/mol. The summed E-state index contributed by atoms with van der Waals surface area (Å²) in [5, 5.41) is 13.1. The summed E-state index contributed by atoms with van der Waals surface area (Å²) in [6, 6.07) is 5.83. The molecule has 1 saturated heterocycles. The second-order valence-electron chi connectivity index (χ2n) is 7.06. The van der Waals surface area contributed by atoms with Crippen molar-refractivity contribution < 1.29 is 9.53 Å². The molecule has 2 atom stereocenters. The lowest BCUT2D eigenvalue weighted by molar-refractivity contribution is -0.137. The molecule has 1 N–H and O–H groups in total. The Balaban J connectivity index is 1.77. The van der Waals surface area contributed by atoms with Gasteiger partial charge in [0.25, 0.3) is 5.91 Å². The van der Waals surface area contributed by atoms with Crippen LogP contribution < -0.4 is 10.2 Å². The predicted octanol–water partition coefficient (Wildman–Crippen LogP) is 1.16. The molecular formula is C20H26N6O2. The zero-order chi connectivity index (χ0) is 20.1. The Morgan fingerprint density at radius 1 is 1.46 bits per heavy atom. The first kappa shape index (κ1) is 20.0. The molecule has 0 saturated carbocycles. The third-order valence-electron chi connectivity index (χ3n) is 5.00. The topological polar surface area (TPSA) is 94.4 Å². The number of nitrogens with zero attached hydrogens (tertiary/aromatic N) is 5. The second kappa shape index (κ2) is 8.95. The van der Waals surface area contributed by atoms with Crippen LogP contribution in [0.1, 0.15) is 19.4 Å². The normalized spacial score (nSPS) is 19.6. The van der Waals surface area contributed by atoms with Gasteiger partial charge in [-0.15, -0.1) is 0 Å². The van der Waals surface area contributed by atoms with E-state index in [2.05, 4.69) is 38.1 Å². The molecule has 28 heavy (non-hydrogen) atoms. The van der Waals surface area contributed by atoms with Crippen molar-refractivity contribution in [1.82, 2.24) is 20.2 Å². The van der Waals surface area contributed by atoms with Crippen molar-refractivity contribution in [3.8, 4) is 6.07 Å². The summed E-state index contributed by atoms with van der Waals surface area (Å²) in [6.07, 6.45) is 2.51. The lowest BCUT2D eigenvalue weighted by Crippen LogP contribution is -2.53. The first-order chi connectivity index (χ1) is 13.5. The van der Waals surface area contributed by atoms with Gasteiger partial charge < -0.3 is 19.9 Å². The Morgan fingerprint density at radius 3 is 3.04 bits per heavy atom. The molecule has 0 unspecified atom stereocenters. The van der Waals surface area contributed by atoms with E-state index >= 15 is 0 Å². The number of fused-ring (bicyclic) bond motifs is 1. The Labute approximate surface area is 165 Å². The fourth-order valence-electron chi connectivity index (χ4n) is 3.36. The van der Waals surface area contributed by atoms with E-state index in [-0.39, 0.29) is 12.0 Å². The van der Waals surface area contributed by atoms with Crippen LogP contribution in [0.25, 0.3) is 10.9 Å². The predicted molar refractivity (Wildman–Crippen MR) is 107 cm³/mol. The van der Waals surface area contributed by atoms with Crippen molar-refractivity contribution in [2.24, 2.45) is 0 Å². The third-order valence-corrected chi connectivity index (χ3v) is 5.00. The molecule has 0 radical (unpaired) electrons. The number of amides is 1. The van der Waals surface area contributed by atoms with E-state index in [0.717, 1.165) is 24.2 Å². The Hall–Kier alpha value is -2.76. The Bertz CT molecular complexity index is 881. The molecule has 8 heteroatoms. The zero-order valence-electron chi connectivity index (χ0n) is 16.6. The molecule has 0 bridgehead atoms. The number of hydrogen-bond acceptors (Lipinski definition) is 7. The van der Waals surface area contributed by atoms with Gasteiger partial charge in [-0.25, -0.2) is 9.97 Å². The smallest absolute Gasteiger partial charge is 0.251 e. The molecule has 2 heterocycles. The van der Waals surface area contributed by atoms with Crippen LogP contribution in [-0.2, 0) is 9.53 Å². The Morgan fingerprint density at radius 2 is 2.29 bits per heavy atom. The van der Waals surface area contributed by atoms with Crippen LogP contribution in [0, 0.1) is 11.3 Å². The maximum absolute atomic E-state index is 12.6. The van der Waals surface area contributed by atoms with Crippen molar-refractivity contribution in [2.45, 2.75) is 26.1 Å². The number of carbonyl (C=O) groups is 1. The largest absolute Gasteiger partial charge is 0.365 e. The number of anilines is 1. The highest BCUT2D eigenvalue weighted by molar-refractivity contribution is 5.95. The highest BCUT2D eigenvalue weighted by atomic mass is 16.5. The summed E-state index contributed by atoms with van der Waals surface area (Å²) in [5.74, 6) is -0.102. The number of likely N-dealkylation sites (N-methyl/N-ethyl adjacent to an activating group) is 1. The molecule has 1 aromatic carbocycles. The van der Waals surface area contributed by atoms with Crippen molar-refractivity contribution in [3.05, 3.63) is 30.2 Å². The monoisotopic (exact) mass is 382 g/mol. The lowest BCUT2D eigenvalue weighted by atomic mass is 10.1. The standard InChI is InChI=1S/C20H26N6O2/c1-4-25(3)8-7-23-20(27)18-12-26(11-14(2)28-18)17-6-5-15(9-21)19-16(17)10-22-13-24-19/h5-6,10,13-14,18H,4,7-8,11-12H2,1-3H3,(H,23,27)/t14-,18-/m1/s1. The van der Waals surface area contributed by atoms with Gasteiger partial charge in [-0.05, 0) is 32.6 Å². The van der Waals surface area contributed by atoms with Crippen LogP contribution in [0.5, 0.6) is 0 Å². The number of nitriles is 1. The molecule has 8 nitrogen and oxygen atoms in total. The number of rotatable bonds is 6. The highest BCUT2D eigenvalue weighted by Crippen LogP contribution is 2.29. The molecule has 1 fully saturated rings. The fourth-order valence-corrected chi connectivity index (χ4v) is 3.36. The summed E-state index contributed by atoms with van der Waals surface area (Å²) in [6.45, 7) is 7.45. The summed E-state index contributed by atoms with van der Waals surface area (Å²) in [4.78, 5) is 25.2. The number of hydrogen-bond donors (Lipinski definition) is 1. The van der Waals surface area contributed by atoms with Gasteiger partial charge in [0, 0.05) is 36.9 Å². The van der Waals surface area contributed by atoms with Gasteiger partial charge in [-0.2, -0.15) is 5.26 Å². The van der Waals surface area contributed by atoms with Crippen LogP contribution in [0.4, 0.5) is 5.69 Å². The first-order valence-corrected chi connectivity index (χ1v) is 9.53. The van der Waals surface area contributed by atoms with Crippen LogP contribution in [0.2, 0.25) is 0 Å². The van der Waals surface area contributed by atoms with Gasteiger partial charge in [-0.3, -0.25) is 4.79 Å². The van der Waals surface area contributed by atoms with Crippen molar-refractivity contribution in [3.63, 3.8) is 0 Å². The maximum Gasteiger partial charge on any atom is 0.251 e. The van der Waals surface area contributed by atoms with E-state index in [9.17, 15) is 10.1 Å². The maximum atomic E-state index is 12.6. The number of ether oxygens (including phenoxy) is 1. The highest BCUT2D eigenvalue weighted by Gasteiger charge is 2.31. The lowest BCUT2D eigenvalue weighted by Gasteiger charge is -2.38. The quantitative estimate of drug-likeness (QED) is 0.801. The van der Waals surface area contributed by atoms with Gasteiger partial charge in [0.05, 0.1) is 23.7 Å². The minimum Gasteiger partial charge on any atom is -0.365 e. The number of aromatic nitrogens is 2. The minimum atomic E-state index is -0.550. The molecular weight excluding hydrogens is 356 g/mol. The van der Waals surface area contributed by atoms with Crippen molar-refractivity contribution in [2.75, 3.05) is 44.7 Å². The Kier molecular flexibility index (Phi) is 6.39. The number of nitrogens with one attached hydrogen (secondary N) is 1. The molecule has 0 aliphatic carbocycles. The van der Waals surface area contributed by atoms with Gasteiger partial charge in [-0.1, -0.05) is 6.92 Å². The van der Waals surface area contributed by atoms with Crippen molar-refractivity contribution >= 4 is 22.5 Å². The van der Waals surface area contributed by atoms with Gasteiger partial charge in [0.2, 0.25) is 0 Å². The van der Waals surface area contributed by atoms with E-state index in [0.29, 0.717) is 30.7 Å². The van der Waals surface area contributed by atoms with Gasteiger partial charge in [0.15, 0.2) is 6.10 Å². The SMILES string of the molecule is CCN(C)CCNC(=O)[C@H]1CN(c2ccc(C#N)c3ncncc23)C[C@@H](C)O1.